The van der Waals surface area contributed by atoms with Crippen LogP contribution in [0.1, 0.15) is 20.7 Å². The SMILES string of the molecule is Nc1cccc(C(=O)N(c2ccccc2)c2cccc(N(C(=O)c3cccc(N)c3)c3ccccc3)c2)c1. The second-order valence-electron chi connectivity index (χ2n) is 8.72. The van der Waals surface area contributed by atoms with E-state index in [1.54, 1.807) is 58.3 Å². The molecule has 2 amide bonds. The Morgan fingerprint density at radius 2 is 0.789 bits per heavy atom. The van der Waals surface area contributed by atoms with Gasteiger partial charge in [0.2, 0.25) is 0 Å². The van der Waals surface area contributed by atoms with Gasteiger partial charge in [-0.1, -0.05) is 54.6 Å². The minimum Gasteiger partial charge on any atom is -0.399 e. The van der Waals surface area contributed by atoms with Gasteiger partial charge in [0, 0.05) is 33.9 Å². The lowest BCUT2D eigenvalue weighted by Crippen LogP contribution is -2.28. The first-order valence-corrected chi connectivity index (χ1v) is 12.1. The molecule has 0 saturated heterocycles. The highest BCUT2D eigenvalue weighted by atomic mass is 16.2. The number of nitrogen functional groups attached to an aromatic ring is 2. The molecule has 38 heavy (non-hydrogen) atoms. The Morgan fingerprint density at radius 1 is 0.421 bits per heavy atom. The second kappa shape index (κ2) is 10.7. The number of nitrogens with two attached hydrogens (primary N) is 2. The van der Waals surface area contributed by atoms with Crippen molar-refractivity contribution in [3.8, 4) is 0 Å². The quantitative estimate of drug-likeness (QED) is 0.252. The number of rotatable bonds is 6. The first kappa shape index (κ1) is 24.3. The van der Waals surface area contributed by atoms with E-state index in [1.165, 1.54) is 0 Å². The predicted octanol–water partition coefficient (Wildman–Crippen LogP) is 6.81. The number of carbonyl (C=O) groups is 2. The van der Waals surface area contributed by atoms with Gasteiger partial charge >= 0.3 is 0 Å². The Labute approximate surface area is 221 Å². The van der Waals surface area contributed by atoms with Crippen molar-refractivity contribution in [2.24, 2.45) is 0 Å². The summed E-state index contributed by atoms with van der Waals surface area (Å²) in [6.07, 6.45) is 0. The van der Waals surface area contributed by atoms with Crippen molar-refractivity contribution < 1.29 is 9.59 Å². The van der Waals surface area contributed by atoms with E-state index in [4.69, 9.17) is 11.5 Å². The Morgan fingerprint density at radius 3 is 1.18 bits per heavy atom. The molecular weight excluding hydrogens is 472 g/mol. The van der Waals surface area contributed by atoms with E-state index in [2.05, 4.69) is 0 Å². The van der Waals surface area contributed by atoms with Crippen molar-refractivity contribution in [1.29, 1.82) is 0 Å². The van der Waals surface area contributed by atoms with E-state index in [1.807, 2.05) is 84.9 Å². The summed E-state index contributed by atoms with van der Waals surface area (Å²) in [5.41, 5.74) is 16.4. The normalized spacial score (nSPS) is 10.5. The van der Waals surface area contributed by atoms with Crippen LogP contribution in [0.15, 0.2) is 133 Å². The molecule has 0 unspecified atom stereocenters. The van der Waals surface area contributed by atoms with Crippen LogP contribution in [0.2, 0.25) is 0 Å². The van der Waals surface area contributed by atoms with E-state index in [0.717, 1.165) is 0 Å². The minimum absolute atomic E-state index is 0.242. The lowest BCUT2D eigenvalue weighted by molar-refractivity contribution is 0.0992. The van der Waals surface area contributed by atoms with Crippen LogP contribution >= 0.6 is 0 Å². The number of para-hydroxylation sites is 2. The molecule has 0 heterocycles. The van der Waals surface area contributed by atoms with Gasteiger partial charge in [-0.2, -0.15) is 0 Å². The molecule has 0 aromatic heterocycles. The van der Waals surface area contributed by atoms with Crippen molar-refractivity contribution in [3.63, 3.8) is 0 Å². The van der Waals surface area contributed by atoms with Gasteiger partial charge in [-0.25, -0.2) is 0 Å². The Bertz CT molecular complexity index is 1470. The first-order valence-electron chi connectivity index (χ1n) is 12.1. The Kier molecular flexibility index (Phi) is 6.87. The average Bonchev–Trinajstić information content (AvgIpc) is 2.95. The Balaban J connectivity index is 1.63. The summed E-state index contributed by atoms with van der Waals surface area (Å²) in [5.74, 6) is -0.483. The fourth-order valence-corrected chi connectivity index (χ4v) is 4.29. The van der Waals surface area contributed by atoms with Crippen molar-refractivity contribution in [3.05, 3.63) is 145 Å². The predicted molar refractivity (Wildman–Crippen MR) is 154 cm³/mol. The number of anilines is 6. The second-order valence-corrected chi connectivity index (χ2v) is 8.72. The number of benzene rings is 5. The topological polar surface area (TPSA) is 92.7 Å². The van der Waals surface area contributed by atoms with Crippen molar-refractivity contribution in [2.75, 3.05) is 21.3 Å². The molecule has 0 aliphatic rings. The van der Waals surface area contributed by atoms with E-state index >= 15 is 0 Å². The monoisotopic (exact) mass is 498 g/mol. The molecule has 0 spiro atoms. The summed E-state index contributed by atoms with van der Waals surface area (Å²) in [4.78, 5) is 30.9. The maximum absolute atomic E-state index is 13.8. The van der Waals surface area contributed by atoms with Gasteiger partial charge in [-0.15, -0.1) is 0 Å². The van der Waals surface area contributed by atoms with Gasteiger partial charge in [0.25, 0.3) is 11.8 Å². The zero-order valence-corrected chi connectivity index (χ0v) is 20.6. The highest BCUT2D eigenvalue weighted by molar-refractivity contribution is 6.13. The molecule has 0 saturated carbocycles. The maximum atomic E-state index is 13.8. The molecule has 5 aromatic rings. The molecule has 5 rings (SSSR count). The molecule has 0 aliphatic carbocycles. The zero-order chi connectivity index (χ0) is 26.5. The van der Waals surface area contributed by atoms with Crippen LogP contribution in [-0.4, -0.2) is 11.8 Å². The van der Waals surface area contributed by atoms with Gasteiger partial charge < -0.3 is 11.5 Å². The molecule has 0 bridgehead atoms. The van der Waals surface area contributed by atoms with Crippen LogP contribution in [0.25, 0.3) is 0 Å². The lowest BCUT2D eigenvalue weighted by atomic mass is 10.1. The third-order valence-corrected chi connectivity index (χ3v) is 6.05. The number of hydrogen-bond acceptors (Lipinski definition) is 4. The third kappa shape index (κ3) is 5.10. The molecule has 5 aromatic carbocycles. The van der Waals surface area contributed by atoms with Crippen LogP contribution in [0.3, 0.4) is 0 Å². The number of carbonyl (C=O) groups excluding carboxylic acids is 2. The van der Waals surface area contributed by atoms with Crippen LogP contribution in [0.4, 0.5) is 34.1 Å². The summed E-state index contributed by atoms with van der Waals surface area (Å²) in [6.45, 7) is 0. The fraction of sp³-hybridized carbons (Fsp3) is 0. The van der Waals surface area contributed by atoms with Crippen molar-refractivity contribution in [1.82, 2.24) is 0 Å². The van der Waals surface area contributed by atoms with Gasteiger partial charge in [-0.05, 0) is 78.9 Å². The molecule has 6 nitrogen and oxygen atoms in total. The molecule has 0 atom stereocenters. The summed E-state index contributed by atoms with van der Waals surface area (Å²) < 4.78 is 0. The number of amides is 2. The lowest BCUT2D eigenvalue weighted by Gasteiger charge is -2.27. The highest BCUT2D eigenvalue weighted by Crippen LogP contribution is 2.34. The van der Waals surface area contributed by atoms with Crippen molar-refractivity contribution in [2.45, 2.75) is 0 Å². The molecule has 186 valence electrons. The summed E-state index contributed by atoms with van der Waals surface area (Å²) in [6, 6.07) is 39.8. The van der Waals surface area contributed by atoms with E-state index in [0.29, 0.717) is 45.3 Å². The highest BCUT2D eigenvalue weighted by Gasteiger charge is 2.24. The largest absolute Gasteiger partial charge is 0.399 e. The maximum Gasteiger partial charge on any atom is 0.262 e. The summed E-state index contributed by atoms with van der Waals surface area (Å²) >= 11 is 0. The Hall–Kier alpha value is -5.36. The summed E-state index contributed by atoms with van der Waals surface area (Å²) in [7, 11) is 0. The van der Waals surface area contributed by atoms with E-state index in [-0.39, 0.29) is 11.8 Å². The standard InChI is InChI=1S/C32H26N4O2/c33-25-12-7-10-23(20-25)31(37)35(27-14-3-1-4-15-27)29-18-9-19-30(22-29)36(28-16-5-2-6-17-28)32(38)24-11-8-13-26(34)21-24/h1-22H,33-34H2. The van der Waals surface area contributed by atoms with Crippen LogP contribution < -0.4 is 21.3 Å². The van der Waals surface area contributed by atoms with Crippen molar-refractivity contribution >= 4 is 45.9 Å². The molecule has 0 aliphatic heterocycles. The number of hydrogen-bond donors (Lipinski definition) is 2. The minimum atomic E-state index is -0.242. The first-order chi connectivity index (χ1) is 18.5. The van der Waals surface area contributed by atoms with Gasteiger partial charge in [0.1, 0.15) is 0 Å². The van der Waals surface area contributed by atoms with E-state index < -0.39 is 0 Å². The van der Waals surface area contributed by atoms with Gasteiger partial charge in [0.15, 0.2) is 0 Å². The van der Waals surface area contributed by atoms with Gasteiger partial charge in [-0.3, -0.25) is 19.4 Å². The molecule has 6 heteroatoms. The third-order valence-electron chi connectivity index (χ3n) is 6.05. The average molecular weight is 499 g/mol. The van der Waals surface area contributed by atoms with Crippen LogP contribution in [-0.2, 0) is 0 Å². The van der Waals surface area contributed by atoms with Crippen LogP contribution in [0.5, 0.6) is 0 Å². The zero-order valence-electron chi connectivity index (χ0n) is 20.6. The summed E-state index contributed by atoms with van der Waals surface area (Å²) in [5, 5.41) is 0. The van der Waals surface area contributed by atoms with E-state index in [9.17, 15) is 9.59 Å². The fourth-order valence-electron chi connectivity index (χ4n) is 4.29. The molecule has 4 N–H and O–H groups in total. The molecule has 0 radical (unpaired) electrons. The molecular formula is C32H26N4O2. The van der Waals surface area contributed by atoms with Crippen LogP contribution in [0, 0.1) is 0 Å². The number of nitrogens with zero attached hydrogens (tertiary/aromatic N) is 2. The van der Waals surface area contributed by atoms with Gasteiger partial charge in [0.05, 0.1) is 11.4 Å². The smallest absolute Gasteiger partial charge is 0.262 e. The molecule has 0 fully saturated rings.